The van der Waals surface area contributed by atoms with Gasteiger partial charge in [-0.1, -0.05) is 41.4 Å². The van der Waals surface area contributed by atoms with E-state index in [0.717, 1.165) is 11.1 Å². The molecule has 0 spiro atoms. The molecule has 0 saturated carbocycles. The van der Waals surface area contributed by atoms with Crippen LogP contribution in [0.2, 0.25) is 10.0 Å². The van der Waals surface area contributed by atoms with E-state index < -0.39 is 0 Å². The molecule has 0 aliphatic rings. The fraction of sp³-hybridized carbons (Fsp3) is 0.200. The van der Waals surface area contributed by atoms with E-state index in [4.69, 9.17) is 23.2 Å². The molecule has 0 amide bonds. The first kappa shape index (κ1) is 14.3. The summed E-state index contributed by atoms with van der Waals surface area (Å²) in [6.07, 6.45) is 0. The molecule has 0 heterocycles. The Balaban J connectivity index is 2.02. The summed E-state index contributed by atoms with van der Waals surface area (Å²) in [5.41, 5.74) is 1.97. The highest BCUT2D eigenvalue weighted by Crippen LogP contribution is 2.20. The number of hydrogen-bond acceptors (Lipinski definition) is 1. The van der Waals surface area contributed by atoms with Crippen LogP contribution in [0, 0.1) is 5.82 Å². The first-order chi connectivity index (χ1) is 9.06. The minimum absolute atomic E-state index is 0.139. The van der Waals surface area contributed by atoms with Gasteiger partial charge >= 0.3 is 0 Å². The maximum absolute atomic E-state index is 12.9. The molecule has 0 saturated heterocycles. The molecule has 0 aromatic heterocycles. The zero-order valence-electron chi connectivity index (χ0n) is 10.5. The fourth-order valence-electron chi connectivity index (χ4n) is 1.82. The van der Waals surface area contributed by atoms with Gasteiger partial charge in [-0.2, -0.15) is 0 Å². The smallest absolute Gasteiger partial charge is 0.124 e. The van der Waals surface area contributed by atoms with Crippen LogP contribution in [0.4, 0.5) is 4.39 Å². The van der Waals surface area contributed by atoms with Crippen molar-refractivity contribution in [1.29, 1.82) is 0 Å². The van der Waals surface area contributed by atoms with Crippen LogP contribution in [0.25, 0.3) is 0 Å². The van der Waals surface area contributed by atoms with E-state index in [0.29, 0.717) is 16.6 Å². The van der Waals surface area contributed by atoms with E-state index >= 15 is 0 Å². The average Bonchev–Trinajstić information content (AvgIpc) is 2.37. The highest BCUT2D eigenvalue weighted by Gasteiger charge is 2.07. The molecule has 0 fully saturated rings. The molecule has 2 aromatic rings. The van der Waals surface area contributed by atoms with Gasteiger partial charge in [0.1, 0.15) is 5.82 Å². The zero-order chi connectivity index (χ0) is 13.8. The predicted octanol–water partition coefficient (Wildman–Crippen LogP) is 4.98. The summed E-state index contributed by atoms with van der Waals surface area (Å²) in [6.45, 7) is 2.62. The second-order valence-electron chi connectivity index (χ2n) is 4.39. The molecular formula is C15H14Cl2FN. The standard InChI is InChI=1S/C15H14Cl2FN/c1-10(11-3-2-4-13(16)7-11)19-9-12-5-6-14(18)8-15(12)17/h2-8,10,19H,9H2,1H3/t10-/m0/s1. The quantitative estimate of drug-likeness (QED) is 0.839. The van der Waals surface area contributed by atoms with Gasteiger partial charge in [0.05, 0.1) is 0 Å². The van der Waals surface area contributed by atoms with Crippen LogP contribution >= 0.6 is 23.2 Å². The average molecular weight is 298 g/mol. The second kappa shape index (κ2) is 6.38. The fourth-order valence-corrected chi connectivity index (χ4v) is 2.25. The van der Waals surface area contributed by atoms with E-state index in [1.807, 2.05) is 31.2 Å². The Labute approximate surface area is 122 Å². The Bertz CT molecular complexity index is 572. The van der Waals surface area contributed by atoms with Crippen LogP contribution in [-0.4, -0.2) is 0 Å². The van der Waals surface area contributed by atoms with Crippen molar-refractivity contribution in [2.45, 2.75) is 19.5 Å². The third-order valence-corrected chi connectivity index (χ3v) is 3.55. The van der Waals surface area contributed by atoms with Crippen LogP contribution in [0.3, 0.4) is 0 Å². The maximum atomic E-state index is 12.9. The summed E-state index contributed by atoms with van der Waals surface area (Å²) < 4.78 is 12.9. The highest BCUT2D eigenvalue weighted by atomic mass is 35.5. The Morgan fingerprint density at radius 3 is 2.63 bits per heavy atom. The number of nitrogens with one attached hydrogen (secondary N) is 1. The SMILES string of the molecule is C[C@H](NCc1ccc(F)cc1Cl)c1cccc(Cl)c1. The van der Waals surface area contributed by atoms with E-state index in [1.165, 1.54) is 12.1 Å². The second-order valence-corrected chi connectivity index (χ2v) is 5.24. The summed E-state index contributed by atoms with van der Waals surface area (Å²) in [7, 11) is 0. The van der Waals surface area contributed by atoms with Gasteiger partial charge in [-0.05, 0) is 42.3 Å². The molecule has 0 aliphatic heterocycles. The van der Waals surface area contributed by atoms with Crippen molar-refractivity contribution in [1.82, 2.24) is 5.32 Å². The first-order valence-corrected chi connectivity index (χ1v) is 6.74. The molecule has 1 N–H and O–H groups in total. The van der Waals surface area contributed by atoms with Gasteiger partial charge in [0.25, 0.3) is 0 Å². The summed E-state index contributed by atoms with van der Waals surface area (Å²) in [5, 5.41) is 4.49. The molecule has 2 aromatic carbocycles. The maximum Gasteiger partial charge on any atom is 0.124 e. The number of halogens is 3. The molecule has 1 nitrogen and oxygen atoms in total. The number of hydrogen-bond donors (Lipinski definition) is 1. The van der Waals surface area contributed by atoms with Gasteiger partial charge in [-0.25, -0.2) is 4.39 Å². The van der Waals surface area contributed by atoms with Gasteiger partial charge < -0.3 is 5.32 Å². The van der Waals surface area contributed by atoms with E-state index in [2.05, 4.69) is 5.32 Å². The van der Waals surface area contributed by atoms with Gasteiger partial charge in [0, 0.05) is 22.6 Å². The van der Waals surface area contributed by atoms with Crippen LogP contribution in [-0.2, 0) is 6.54 Å². The summed E-state index contributed by atoms with van der Waals surface area (Å²) in [6, 6.07) is 12.3. The first-order valence-electron chi connectivity index (χ1n) is 5.99. The normalized spacial score (nSPS) is 12.4. The molecule has 4 heteroatoms. The molecule has 0 radical (unpaired) electrons. The lowest BCUT2D eigenvalue weighted by Crippen LogP contribution is -2.18. The molecular weight excluding hydrogens is 284 g/mol. The van der Waals surface area contributed by atoms with Crippen molar-refractivity contribution in [2.24, 2.45) is 0 Å². The molecule has 0 aliphatic carbocycles. The summed E-state index contributed by atoms with van der Waals surface area (Å²) in [5.74, 6) is -0.323. The van der Waals surface area contributed by atoms with Crippen molar-refractivity contribution >= 4 is 23.2 Å². The highest BCUT2D eigenvalue weighted by molar-refractivity contribution is 6.31. The minimum Gasteiger partial charge on any atom is -0.306 e. The largest absolute Gasteiger partial charge is 0.306 e. The van der Waals surface area contributed by atoms with E-state index in [-0.39, 0.29) is 11.9 Å². The third kappa shape index (κ3) is 3.93. The monoisotopic (exact) mass is 297 g/mol. The minimum atomic E-state index is -0.323. The van der Waals surface area contributed by atoms with Crippen LogP contribution < -0.4 is 5.32 Å². The van der Waals surface area contributed by atoms with Gasteiger partial charge in [-0.3, -0.25) is 0 Å². The van der Waals surface area contributed by atoms with Crippen molar-refractivity contribution < 1.29 is 4.39 Å². The Kier molecular flexibility index (Phi) is 4.81. The lowest BCUT2D eigenvalue weighted by atomic mass is 10.1. The number of benzene rings is 2. The lowest BCUT2D eigenvalue weighted by molar-refractivity contribution is 0.573. The molecule has 100 valence electrons. The van der Waals surface area contributed by atoms with Crippen molar-refractivity contribution in [2.75, 3.05) is 0 Å². The van der Waals surface area contributed by atoms with Gasteiger partial charge in [0.2, 0.25) is 0 Å². The van der Waals surface area contributed by atoms with Crippen LogP contribution in [0.1, 0.15) is 24.1 Å². The molecule has 0 bridgehead atoms. The van der Waals surface area contributed by atoms with Crippen molar-refractivity contribution in [3.05, 3.63) is 69.5 Å². The van der Waals surface area contributed by atoms with Crippen molar-refractivity contribution in [3.8, 4) is 0 Å². The van der Waals surface area contributed by atoms with E-state index in [1.54, 1.807) is 6.07 Å². The van der Waals surface area contributed by atoms with Gasteiger partial charge in [-0.15, -0.1) is 0 Å². The molecule has 0 unspecified atom stereocenters. The van der Waals surface area contributed by atoms with E-state index in [9.17, 15) is 4.39 Å². The van der Waals surface area contributed by atoms with Crippen molar-refractivity contribution in [3.63, 3.8) is 0 Å². The molecule has 2 rings (SSSR count). The third-order valence-electron chi connectivity index (χ3n) is 2.96. The zero-order valence-corrected chi connectivity index (χ0v) is 12.0. The number of rotatable bonds is 4. The van der Waals surface area contributed by atoms with Gasteiger partial charge in [0.15, 0.2) is 0 Å². The Morgan fingerprint density at radius 1 is 1.16 bits per heavy atom. The predicted molar refractivity (Wildman–Crippen MR) is 78.1 cm³/mol. The molecule has 19 heavy (non-hydrogen) atoms. The van der Waals surface area contributed by atoms with Crippen LogP contribution in [0.15, 0.2) is 42.5 Å². The Hall–Kier alpha value is -1.09. The summed E-state index contributed by atoms with van der Waals surface area (Å²) in [4.78, 5) is 0. The molecule has 1 atom stereocenters. The van der Waals surface area contributed by atoms with Crippen LogP contribution in [0.5, 0.6) is 0 Å². The summed E-state index contributed by atoms with van der Waals surface area (Å²) >= 11 is 11.9. The topological polar surface area (TPSA) is 12.0 Å². The Morgan fingerprint density at radius 2 is 1.95 bits per heavy atom. The lowest BCUT2D eigenvalue weighted by Gasteiger charge is -2.15.